The predicted molar refractivity (Wildman–Crippen MR) is 65.9 cm³/mol. The minimum atomic E-state index is -0.474. The molecule has 0 aromatic carbocycles. The summed E-state index contributed by atoms with van der Waals surface area (Å²) in [4.78, 5) is 17.9. The molecule has 2 heterocycles. The van der Waals surface area contributed by atoms with Gasteiger partial charge in [0.2, 0.25) is 0 Å². The lowest BCUT2D eigenvalue weighted by Gasteiger charge is -2.21. The summed E-state index contributed by atoms with van der Waals surface area (Å²) in [6.45, 7) is 0.917. The topological polar surface area (TPSA) is 62.7 Å². The molecule has 1 aliphatic rings. The van der Waals surface area contributed by atoms with Gasteiger partial charge in [-0.15, -0.1) is 0 Å². The van der Waals surface area contributed by atoms with Gasteiger partial charge in [-0.1, -0.05) is 22.9 Å². The van der Waals surface area contributed by atoms with Gasteiger partial charge in [0.1, 0.15) is 0 Å². The minimum Gasteiger partial charge on any atom is -0.465 e. The van der Waals surface area contributed by atoms with Gasteiger partial charge < -0.3 is 14.7 Å². The fourth-order valence-electron chi connectivity index (χ4n) is 1.91. The lowest BCUT2D eigenvalue weighted by atomic mass is 10.2. The first-order valence-electron chi connectivity index (χ1n) is 5.29. The molecule has 1 atom stereocenters. The molecule has 0 aliphatic carbocycles. The molecule has 1 fully saturated rings. The van der Waals surface area contributed by atoms with E-state index in [0.717, 1.165) is 19.4 Å². The molecule has 1 aliphatic heterocycles. The summed E-state index contributed by atoms with van der Waals surface area (Å²) < 4.78 is 4.63. The van der Waals surface area contributed by atoms with Gasteiger partial charge in [0.25, 0.3) is 0 Å². The van der Waals surface area contributed by atoms with Crippen molar-refractivity contribution < 1.29 is 14.6 Å². The van der Waals surface area contributed by atoms with Crippen LogP contribution in [0.15, 0.2) is 0 Å². The van der Waals surface area contributed by atoms with E-state index >= 15 is 0 Å². The molecular formula is C10H13ClN2O3S. The molecule has 0 bridgehead atoms. The zero-order valence-electron chi connectivity index (χ0n) is 9.35. The summed E-state index contributed by atoms with van der Waals surface area (Å²) in [5, 5.41) is 10.1. The molecule has 7 heteroatoms. The second kappa shape index (κ2) is 5.20. The number of thiazole rings is 1. The molecule has 94 valence electrons. The van der Waals surface area contributed by atoms with Gasteiger partial charge >= 0.3 is 5.97 Å². The van der Waals surface area contributed by atoms with E-state index in [1.807, 2.05) is 4.90 Å². The van der Waals surface area contributed by atoms with E-state index in [1.165, 1.54) is 18.4 Å². The maximum Gasteiger partial charge on any atom is 0.351 e. The van der Waals surface area contributed by atoms with Crippen LogP contribution in [0.5, 0.6) is 0 Å². The standard InChI is InChI=1S/C10H13ClN2O3S/c1-16-9(15)7-8(11)12-10(17-7)13-4-2-3-6(13)5-14/h6,14H,2-5H2,1H3. The molecule has 17 heavy (non-hydrogen) atoms. The van der Waals surface area contributed by atoms with Crippen LogP contribution in [0.4, 0.5) is 5.13 Å². The van der Waals surface area contributed by atoms with Crippen molar-refractivity contribution in [3.63, 3.8) is 0 Å². The van der Waals surface area contributed by atoms with Gasteiger partial charge in [0.05, 0.1) is 19.8 Å². The van der Waals surface area contributed by atoms with E-state index in [9.17, 15) is 9.90 Å². The number of hydrogen-bond acceptors (Lipinski definition) is 6. The van der Waals surface area contributed by atoms with Crippen LogP contribution in [-0.2, 0) is 4.74 Å². The lowest BCUT2D eigenvalue weighted by Crippen LogP contribution is -2.31. The number of carbonyl (C=O) groups excluding carboxylic acids is 1. The molecule has 0 radical (unpaired) electrons. The Morgan fingerprint density at radius 3 is 3.18 bits per heavy atom. The second-order valence-electron chi connectivity index (χ2n) is 3.78. The smallest absolute Gasteiger partial charge is 0.351 e. The van der Waals surface area contributed by atoms with E-state index < -0.39 is 5.97 Å². The monoisotopic (exact) mass is 276 g/mol. The molecule has 2 rings (SSSR count). The summed E-state index contributed by atoms with van der Waals surface area (Å²) in [5.41, 5.74) is 0. The number of hydrogen-bond donors (Lipinski definition) is 1. The van der Waals surface area contributed by atoms with Crippen molar-refractivity contribution in [2.24, 2.45) is 0 Å². The summed E-state index contributed by atoms with van der Waals surface area (Å²) in [7, 11) is 1.31. The number of nitrogens with zero attached hydrogens (tertiary/aromatic N) is 2. The minimum absolute atomic E-state index is 0.0720. The second-order valence-corrected chi connectivity index (χ2v) is 5.12. The van der Waals surface area contributed by atoms with Gasteiger partial charge in [0, 0.05) is 6.54 Å². The number of methoxy groups -OCH3 is 1. The van der Waals surface area contributed by atoms with Gasteiger partial charge in [0.15, 0.2) is 15.2 Å². The highest BCUT2D eigenvalue weighted by molar-refractivity contribution is 7.18. The van der Waals surface area contributed by atoms with Crippen molar-refractivity contribution in [2.75, 3.05) is 25.2 Å². The van der Waals surface area contributed by atoms with Crippen LogP contribution in [0.2, 0.25) is 5.15 Å². The number of ether oxygens (including phenoxy) is 1. The molecule has 1 N–H and O–H groups in total. The molecule has 1 unspecified atom stereocenters. The molecule has 1 saturated heterocycles. The van der Waals surface area contributed by atoms with Crippen molar-refractivity contribution in [1.29, 1.82) is 0 Å². The first-order chi connectivity index (χ1) is 8.17. The average Bonchev–Trinajstić information content (AvgIpc) is 2.93. The summed E-state index contributed by atoms with van der Waals surface area (Å²) >= 11 is 7.10. The van der Waals surface area contributed by atoms with Crippen molar-refractivity contribution in [3.8, 4) is 0 Å². The number of aliphatic hydroxyl groups excluding tert-OH is 1. The van der Waals surface area contributed by atoms with Gasteiger partial charge in [-0.2, -0.15) is 0 Å². The van der Waals surface area contributed by atoms with Crippen LogP contribution in [0, 0.1) is 0 Å². The molecule has 1 aromatic heterocycles. The van der Waals surface area contributed by atoms with E-state index in [0.29, 0.717) is 10.0 Å². The maximum absolute atomic E-state index is 11.4. The fourth-order valence-corrected chi connectivity index (χ4v) is 3.21. The highest BCUT2D eigenvalue weighted by Gasteiger charge is 2.28. The highest BCUT2D eigenvalue weighted by atomic mass is 35.5. The first kappa shape index (κ1) is 12.6. The molecule has 0 saturated carbocycles. The van der Waals surface area contributed by atoms with Crippen LogP contribution in [0.1, 0.15) is 22.5 Å². The number of aromatic nitrogens is 1. The number of halogens is 1. The first-order valence-corrected chi connectivity index (χ1v) is 6.49. The van der Waals surface area contributed by atoms with E-state index in [1.54, 1.807) is 0 Å². The zero-order chi connectivity index (χ0) is 12.4. The number of rotatable bonds is 3. The Labute approximate surface area is 108 Å². The molecule has 5 nitrogen and oxygen atoms in total. The number of carbonyl (C=O) groups is 1. The predicted octanol–water partition coefficient (Wildman–Crippen LogP) is 1.54. The van der Waals surface area contributed by atoms with Crippen molar-refractivity contribution in [3.05, 3.63) is 10.0 Å². The summed E-state index contributed by atoms with van der Waals surface area (Å²) in [5.74, 6) is -0.474. The van der Waals surface area contributed by atoms with E-state index in [4.69, 9.17) is 11.6 Å². The Morgan fingerprint density at radius 1 is 1.76 bits per heavy atom. The quantitative estimate of drug-likeness (QED) is 0.849. The van der Waals surface area contributed by atoms with Crippen molar-refractivity contribution >= 4 is 34.0 Å². The SMILES string of the molecule is COC(=O)c1sc(N2CCCC2CO)nc1Cl. The van der Waals surface area contributed by atoms with Crippen LogP contribution >= 0.6 is 22.9 Å². The molecule has 0 spiro atoms. The summed E-state index contributed by atoms with van der Waals surface area (Å²) in [6, 6.07) is 0.0720. The van der Waals surface area contributed by atoms with Gasteiger partial charge in [-0.3, -0.25) is 0 Å². The van der Waals surface area contributed by atoms with Crippen molar-refractivity contribution in [1.82, 2.24) is 4.98 Å². The number of esters is 1. The number of aliphatic hydroxyl groups is 1. The summed E-state index contributed by atoms with van der Waals surface area (Å²) in [6.07, 6.45) is 1.94. The Kier molecular flexibility index (Phi) is 3.86. The maximum atomic E-state index is 11.4. The lowest BCUT2D eigenvalue weighted by molar-refractivity contribution is 0.0606. The van der Waals surface area contributed by atoms with Crippen LogP contribution in [0.25, 0.3) is 0 Å². The third-order valence-corrected chi connectivity index (χ3v) is 4.24. The Morgan fingerprint density at radius 2 is 2.53 bits per heavy atom. The highest BCUT2D eigenvalue weighted by Crippen LogP contribution is 2.34. The zero-order valence-corrected chi connectivity index (χ0v) is 10.9. The van der Waals surface area contributed by atoms with E-state index in [-0.39, 0.29) is 17.8 Å². The van der Waals surface area contributed by atoms with Crippen LogP contribution in [0.3, 0.4) is 0 Å². The molecular weight excluding hydrogens is 264 g/mol. The third-order valence-electron chi connectivity index (χ3n) is 2.78. The number of anilines is 1. The van der Waals surface area contributed by atoms with Gasteiger partial charge in [-0.25, -0.2) is 9.78 Å². The largest absolute Gasteiger partial charge is 0.465 e. The Hall–Kier alpha value is -0.850. The van der Waals surface area contributed by atoms with Crippen molar-refractivity contribution in [2.45, 2.75) is 18.9 Å². The normalized spacial score (nSPS) is 19.7. The van der Waals surface area contributed by atoms with Crippen LogP contribution < -0.4 is 4.90 Å². The molecule has 1 aromatic rings. The third kappa shape index (κ3) is 2.38. The van der Waals surface area contributed by atoms with E-state index in [2.05, 4.69) is 9.72 Å². The average molecular weight is 277 g/mol. The molecule has 0 amide bonds. The fraction of sp³-hybridized carbons (Fsp3) is 0.600. The Bertz CT molecular complexity index is 424. The Balaban J connectivity index is 2.25. The van der Waals surface area contributed by atoms with Gasteiger partial charge in [-0.05, 0) is 12.8 Å². The van der Waals surface area contributed by atoms with Crippen LogP contribution in [-0.4, -0.2) is 42.4 Å².